The monoisotopic (exact) mass is 528 g/mol. The molecule has 0 spiro atoms. The van der Waals surface area contributed by atoms with Crippen molar-refractivity contribution < 1.29 is 29.3 Å². The van der Waals surface area contributed by atoms with Gasteiger partial charge in [-0.15, -0.1) is 0 Å². The van der Waals surface area contributed by atoms with Crippen molar-refractivity contribution in [1.29, 1.82) is 0 Å². The predicted octanol–water partition coefficient (Wildman–Crippen LogP) is 2.35. The minimum absolute atomic E-state index is 0.0644. The molecule has 2 rings (SSSR count). The predicted molar refractivity (Wildman–Crippen MR) is 144 cm³/mol. The van der Waals surface area contributed by atoms with Crippen molar-refractivity contribution in [3.05, 3.63) is 0 Å². The normalized spacial score (nSPS) is 24.7. The lowest BCUT2D eigenvalue weighted by molar-refractivity contribution is -0.133. The smallest absolute Gasteiger partial charge is 0.407 e. The van der Waals surface area contributed by atoms with Gasteiger partial charge in [0.1, 0.15) is 5.60 Å². The molecular weight excluding hydrogens is 476 g/mol. The molecule has 0 unspecified atom stereocenters. The summed E-state index contributed by atoms with van der Waals surface area (Å²) in [6, 6.07) is 0.732. The Kier molecular flexibility index (Phi) is 12.8. The van der Waals surface area contributed by atoms with E-state index in [2.05, 4.69) is 16.0 Å². The van der Waals surface area contributed by atoms with Gasteiger partial charge in [-0.2, -0.15) is 0 Å². The van der Waals surface area contributed by atoms with Crippen LogP contribution in [0.2, 0.25) is 0 Å². The first-order chi connectivity index (χ1) is 17.0. The molecule has 2 fully saturated rings. The van der Waals surface area contributed by atoms with Crippen LogP contribution >= 0.6 is 0 Å². The fourth-order valence-corrected chi connectivity index (χ4v) is 4.02. The summed E-state index contributed by atoms with van der Waals surface area (Å²) in [5, 5.41) is 27.1. The molecule has 2 saturated carbocycles. The second-order valence-electron chi connectivity index (χ2n) is 12.8. The van der Waals surface area contributed by atoms with Crippen molar-refractivity contribution in [2.45, 2.75) is 130 Å². The summed E-state index contributed by atoms with van der Waals surface area (Å²) in [7, 11) is 0. The highest BCUT2D eigenvalue weighted by Gasteiger charge is 2.31. The Bertz CT molecular complexity index is 734. The van der Waals surface area contributed by atoms with Gasteiger partial charge in [-0.3, -0.25) is 9.59 Å². The standard InChI is InChI=1S/C16H30N2O4.C11H22N2O2/c1-15(2,3)22-14(21)18-12-8-6-11(7-9-12)17-13(20)16(4,5)10-19;1-11(2,7-14)10(15)13-9-5-3-8(12)4-6-9/h11-12,19H,6-10H2,1-5H3,(H,17,20)(H,18,21);8-9,14H,3-7,12H2,1-2H3,(H,13,15). The van der Waals surface area contributed by atoms with Gasteiger partial charge in [0.2, 0.25) is 11.8 Å². The van der Waals surface area contributed by atoms with Crippen LogP contribution in [0.3, 0.4) is 0 Å². The molecule has 7 N–H and O–H groups in total. The van der Waals surface area contributed by atoms with Crippen LogP contribution in [0.1, 0.15) is 99.8 Å². The fraction of sp³-hybridized carbons (Fsp3) is 0.889. The quantitative estimate of drug-likeness (QED) is 0.295. The van der Waals surface area contributed by atoms with E-state index >= 15 is 0 Å². The third kappa shape index (κ3) is 12.5. The van der Waals surface area contributed by atoms with Gasteiger partial charge >= 0.3 is 6.09 Å². The third-order valence-electron chi connectivity index (χ3n) is 6.91. The number of nitrogens with one attached hydrogen (secondary N) is 3. The molecule has 0 saturated heterocycles. The summed E-state index contributed by atoms with van der Waals surface area (Å²) in [5.41, 5.74) is 3.85. The average Bonchev–Trinajstić information content (AvgIpc) is 2.80. The SMILES string of the molecule is CC(C)(C)OC(=O)NC1CCC(NC(=O)C(C)(C)CO)CC1.CC(C)(CO)C(=O)NC1CCC(N)CC1. The van der Waals surface area contributed by atoms with E-state index in [-0.39, 0.29) is 49.2 Å². The van der Waals surface area contributed by atoms with Crippen molar-refractivity contribution in [3.8, 4) is 0 Å². The molecule has 0 bridgehead atoms. The van der Waals surface area contributed by atoms with Gasteiger partial charge < -0.3 is 36.6 Å². The van der Waals surface area contributed by atoms with Crippen molar-refractivity contribution >= 4 is 17.9 Å². The van der Waals surface area contributed by atoms with Crippen LogP contribution in [-0.4, -0.2) is 71.1 Å². The minimum atomic E-state index is -0.758. The average molecular weight is 529 g/mol. The summed E-state index contributed by atoms with van der Waals surface area (Å²) in [6.07, 6.45) is 6.72. The highest BCUT2D eigenvalue weighted by molar-refractivity contribution is 5.82. The van der Waals surface area contributed by atoms with Gasteiger partial charge in [0.15, 0.2) is 0 Å². The highest BCUT2D eigenvalue weighted by Crippen LogP contribution is 2.22. The largest absolute Gasteiger partial charge is 0.444 e. The lowest BCUT2D eigenvalue weighted by atomic mass is 9.88. The first kappa shape index (κ1) is 33.1. The number of carbonyl (C=O) groups is 3. The fourth-order valence-electron chi connectivity index (χ4n) is 4.02. The summed E-state index contributed by atoms with van der Waals surface area (Å²) in [5.74, 6) is -0.191. The van der Waals surface area contributed by atoms with Crippen LogP contribution in [0.4, 0.5) is 4.79 Å². The van der Waals surface area contributed by atoms with Gasteiger partial charge in [-0.25, -0.2) is 4.79 Å². The summed E-state index contributed by atoms with van der Waals surface area (Å²) < 4.78 is 5.24. The Morgan fingerprint density at radius 1 is 0.676 bits per heavy atom. The molecule has 216 valence electrons. The number of aliphatic hydroxyl groups is 2. The zero-order valence-corrected chi connectivity index (χ0v) is 24.0. The molecule has 10 heteroatoms. The van der Waals surface area contributed by atoms with E-state index in [1.54, 1.807) is 27.7 Å². The number of ether oxygens (including phenoxy) is 1. The van der Waals surface area contributed by atoms with E-state index in [0.717, 1.165) is 51.4 Å². The van der Waals surface area contributed by atoms with Gasteiger partial charge in [-0.05, 0) is 99.8 Å². The Hall–Kier alpha value is -1.91. The Morgan fingerprint density at radius 2 is 1.00 bits per heavy atom. The molecule has 0 aromatic rings. The van der Waals surface area contributed by atoms with E-state index < -0.39 is 16.4 Å². The number of hydrogen-bond acceptors (Lipinski definition) is 7. The molecular formula is C27H52N4O6. The van der Waals surface area contributed by atoms with Gasteiger partial charge in [0.25, 0.3) is 0 Å². The molecule has 10 nitrogen and oxygen atoms in total. The number of carbonyl (C=O) groups excluding carboxylic acids is 3. The number of rotatable bonds is 7. The van der Waals surface area contributed by atoms with E-state index in [4.69, 9.17) is 15.6 Å². The maximum absolute atomic E-state index is 12.0. The zero-order chi connectivity index (χ0) is 28.4. The number of aliphatic hydroxyl groups excluding tert-OH is 2. The van der Waals surface area contributed by atoms with E-state index in [1.807, 2.05) is 20.8 Å². The van der Waals surface area contributed by atoms with E-state index in [9.17, 15) is 19.5 Å². The maximum Gasteiger partial charge on any atom is 0.407 e. The van der Waals surface area contributed by atoms with Crippen LogP contribution in [0.5, 0.6) is 0 Å². The molecule has 0 atom stereocenters. The summed E-state index contributed by atoms with van der Waals surface area (Å²) in [6.45, 7) is 12.1. The highest BCUT2D eigenvalue weighted by atomic mass is 16.6. The van der Waals surface area contributed by atoms with E-state index in [0.29, 0.717) is 6.04 Å². The second kappa shape index (κ2) is 14.3. The van der Waals surface area contributed by atoms with Crippen molar-refractivity contribution in [1.82, 2.24) is 16.0 Å². The molecule has 2 aliphatic rings. The number of amides is 3. The Balaban J connectivity index is 0.000000397. The van der Waals surface area contributed by atoms with Crippen LogP contribution < -0.4 is 21.7 Å². The van der Waals surface area contributed by atoms with Crippen LogP contribution in [-0.2, 0) is 14.3 Å². The zero-order valence-electron chi connectivity index (χ0n) is 24.0. The molecule has 0 aromatic carbocycles. The lowest BCUT2D eigenvalue weighted by Gasteiger charge is -2.32. The first-order valence-electron chi connectivity index (χ1n) is 13.6. The molecule has 0 aliphatic heterocycles. The van der Waals surface area contributed by atoms with Crippen LogP contribution in [0, 0.1) is 10.8 Å². The molecule has 0 heterocycles. The Morgan fingerprint density at radius 3 is 1.32 bits per heavy atom. The molecule has 2 aliphatic carbocycles. The van der Waals surface area contributed by atoms with Crippen molar-refractivity contribution in [2.75, 3.05) is 13.2 Å². The molecule has 0 radical (unpaired) electrons. The summed E-state index contributed by atoms with van der Waals surface area (Å²) in [4.78, 5) is 35.5. The van der Waals surface area contributed by atoms with E-state index in [1.165, 1.54) is 0 Å². The maximum atomic E-state index is 12.0. The Labute approximate surface area is 222 Å². The molecule has 37 heavy (non-hydrogen) atoms. The van der Waals surface area contributed by atoms with Crippen molar-refractivity contribution in [3.63, 3.8) is 0 Å². The van der Waals surface area contributed by atoms with Gasteiger partial charge in [0, 0.05) is 24.2 Å². The van der Waals surface area contributed by atoms with Gasteiger partial charge in [0.05, 0.1) is 24.0 Å². The van der Waals surface area contributed by atoms with Gasteiger partial charge in [-0.1, -0.05) is 0 Å². The lowest BCUT2D eigenvalue weighted by Crippen LogP contribution is -2.48. The topological polar surface area (TPSA) is 163 Å². The molecule has 0 aromatic heterocycles. The third-order valence-corrected chi connectivity index (χ3v) is 6.91. The van der Waals surface area contributed by atoms with Crippen molar-refractivity contribution in [2.24, 2.45) is 16.6 Å². The number of hydrogen-bond donors (Lipinski definition) is 6. The second-order valence-corrected chi connectivity index (χ2v) is 12.8. The number of nitrogens with two attached hydrogens (primary N) is 1. The molecule has 3 amide bonds. The van der Waals surface area contributed by atoms with Crippen LogP contribution in [0.25, 0.3) is 0 Å². The minimum Gasteiger partial charge on any atom is -0.444 e. The number of alkyl carbamates (subject to hydrolysis) is 1. The summed E-state index contributed by atoms with van der Waals surface area (Å²) >= 11 is 0. The first-order valence-corrected chi connectivity index (χ1v) is 13.6. The van der Waals surface area contributed by atoms with Crippen LogP contribution in [0.15, 0.2) is 0 Å².